The van der Waals surface area contributed by atoms with Crippen molar-refractivity contribution in [2.24, 2.45) is 0 Å². The number of hydrogen-bond acceptors (Lipinski definition) is 2. The number of rotatable bonds is 1. The molecule has 0 aliphatic heterocycles. The SMILES string of the molecule is O=C(N(C(=O)C(F)(F)F)c1ccc2c(c1)CCC2)C(F)(F)F. The van der Waals surface area contributed by atoms with Gasteiger partial charge in [0.2, 0.25) is 0 Å². The van der Waals surface area contributed by atoms with Crippen LogP contribution in [-0.4, -0.2) is 24.2 Å². The summed E-state index contributed by atoms with van der Waals surface area (Å²) >= 11 is 0. The summed E-state index contributed by atoms with van der Waals surface area (Å²) in [5.41, 5.74) is 0.584. The van der Waals surface area contributed by atoms with Crippen molar-refractivity contribution in [2.45, 2.75) is 31.6 Å². The number of amides is 2. The number of aryl methyl sites for hydroxylation is 2. The number of alkyl halides is 6. The summed E-state index contributed by atoms with van der Waals surface area (Å²) in [5, 5.41) is 0. The molecular formula is C13H9F6NO2. The molecule has 0 N–H and O–H groups in total. The number of imide groups is 1. The van der Waals surface area contributed by atoms with Gasteiger partial charge in [-0.1, -0.05) is 6.07 Å². The number of carbonyl (C=O) groups excluding carboxylic acids is 2. The smallest absolute Gasteiger partial charge is 0.263 e. The van der Waals surface area contributed by atoms with Crippen LogP contribution in [0.3, 0.4) is 0 Å². The van der Waals surface area contributed by atoms with Crippen LogP contribution >= 0.6 is 0 Å². The normalized spacial score (nSPS) is 14.6. The molecule has 0 unspecified atom stereocenters. The molecule has 0 heterocycles. The average molecular weight is 325 g/mol. The molecule has 1 aliphatic carbocycles. The Hall–Kier alpha value is -2.06. The maximum atomic E-state index is 12.5. The van der Waals surface area contributed by atoms with Gasteiger partial charge in [0.25, 0.3) is 0 Å². The number of nitrogens with zero attached hydrogens (tertiary/aromatic N) is 1. The summed E-state index contributed by atoms with van der Waals surface area (Å²) in [4.78, 5) is 21.6. The molecule has 1 aliphatic rings. The second kappa shape index (κ2) is 5.29. The predicted molar refractivity (Wildman–Crippen MR) is 63.1 cm³/mol. The molecule has 0 saturated carbocycles. The third kappa shape index (κ3) is 3.07. The van der Waals surface area contributed by atoms with E-state index in [0.717, 1.165) is 17.7 Å². The van der Waals surface area contributed by atoms with Crippen LogP contribution in [0.1, 0.15) is 17.5 Å². The van der Waals surface area contributed by atoms with Gasteiger partial charge in [-0.25, -0.2) is 4.90 Å². The summed E-state index contributed by atoms with van der Waals surface area (Å²) in [6.45, 7) is 0. The van der Waals surface area contributed by atoms with Gasteiger partial charge in [0.15, 0.2) is 0 Å². The lowest BCUT2D eigenvalue weighted by Crippen LogP contribution is -2.50. The number of halogens is 6. The summed E-state index contributed by atoms with van der Waals surface area (Å²) in [7, 11) is 0. The molecule has 1 aromatic rings. The highest BCUT2D eigenvalue weighted by Gasteiger charge is 2.52. The Morgan fingerprint density at radius 3 is 1.86 bits per heavy atom. The van der Waals surface area contributed by atoms with Gasteiger partial charge in [0.1, 0.15) is 0 Å². The topological polar surface area (TPSA) is 37.4 Å². The Balaban J connectivity index is 2.49. The van der Waals surface area contributed by atoms with Gasteiger partial charge in [-0.3, -0.25) is 9.59 Å². The number of anilines is 1. The van der Waals surface area contributed by atoms with Gasteiger partial charge in [-0.05, 0) is 42.5 Å². The maximum absolute atomic E-state index is 12.5. The molecule has 3 nitrogen and oxygen atoms in total. The zero-order valence-electron chi connectivity index (χ0n) is 10.9. The van der Waals surface area contributed by atoms with E-state index in [9.17, 15) is 35.9 Å². The van der Waals surface area contributed by atoms with E-state index < -0.39 is 34.8 Å². The Morgan fingerprint density at radius 1 is 0.864 bits per heavy atom. The second-order valence-electron chi connectivity index (χ2n) is 4.75. The lowest BCUT2D eigenvalue weighted by atomic mass is 10.1. The number of fused-ring (bicyclic) bond motifs is 1. The van der Waals surface area contributed by atoms with E-state index in [1.165, 1.54) is 6.07 Å². The molecule has 0 fully saturated rings. The molecule has 1 aromatic carbocycles. The first-order chi connectivity index (χ1) is 10.0. The second-order valence-corrected chi connectivity index (χ2v) is 4.75. The van der Waals surface area contributed by atoms with Crippen LogP contribution in [0.2, 0.25) is 0 Å². The van der Waals surface area contributed by atoms with Gasteiger partial charge >= 0.3 is 24.2 Å². The number of hydrogen-bond donors (Lipinski definition) is 0. The minimum atomic E-state index is -5.60. The first-order valence-corrected chi connectivity index (χ1v) is 6.16. The summed E-state index contributed by atoms with van der Waals surface area (Å²) < 4.78 is 75.0. The molecule has 22 heavy (non-hydrogen) atoms. The van der Waals surface area contributed by atoms with Gasteiger partial charge in [0, 0.05) is 0 Å². The lowest BCUT2D eigenvalue weighted by Gasteiger charge is -2.23. The standard InChI is InChI=1S/C13H9F6NO2/c14-12(15,16)10(21)20(11(22)13(17,18)19)9-5-4-7-2-1-3-8(7)6-9/h4-6H,1-3H2. The Bertz CT molecular complexity index is 594. The molecule has 9 heteroatoms. The van der Waals surface area contributed by atoms with Crippen molar-refractivity contribution in [3.63, 3.8) is 0 Å². The van der Waals surface area contributed by atoms with E-state index in [1.807, 2.05) is 0 Å². The molecule has 0 saturated heterocycles. The molecule has 2 rings (SSSR count). The van der Waals surface area contributed by atoms with Gasteiger partial charge in [0.05, 0.1) is 5.69 Å². The lowest BCUT2D eigenvalue weighted by molar-refractivity contribution is -0.181. The first-order valence-electron chi connectivity index (χ1n) is 6.16. The van der Waals surface area contributed by atoms with Crippen LogP contribution < -0.4 is 4.90 Å². The Morgan fingerprint density at radius 2 is 1.36 bits per heavy atom. The third-order valence-corrected chi connectivity index (χ3v) is 3.23. The number of carbonyl (C=O) groups is 2. The molecule has 120 valence electrons. The average Bonchev–Trinajstić information content (AvgIpc) is 2.84. The predicted octanol–water partition coefficient (Wildman–Crippen LogP) is 3.16. The van der Waals surface area contributed by atoms with E-state index in [2.05, 4.69) is 0 Å². The van der Waals surface area contributed by atoms with Crippen molar-refractivity contribution in [1.82, 2.24) is 0 Å². The van der Waals surface area contributed by atoms with Crippen LogP contribution in [0.15, 0.2) is 18.2 Å². The minimum absolute atomic E-state index is 0.470. The highest BCUT2D eigenvalue weighted by Crippen LogP contribution is 2.32. The van der Waals surface area contributed by atoms with E-state index >= 15 is 0 Å². The van der Waals surface area contributed by atoms with Crippen molar-refractivity contribution >= 4 is 17.5 Å². The molecule has 2 amide bonds. The van der Waals surface area contributed by atoms with Gasteiger partial charge in [-0.15, -0.1) is 0 Å². The van der Waals surface area contributed by atoms with E-state index in [4.69, 9.17) is 0 Å². The van der Waals surface area contributed by atoms with Crippen LogP contribution in [0.5, 0.6) is 0 Å². The van der Waals surface area contributed by atoms with Crippen LogP contribution in [0.4, 0.5) is 32.0 Å². The molecule has 0 aromatic heterocycles. The Kier molecular flexibility index (Phi) is 3.92. The zero-order chi connectivity index (χ0) is 16.7. The van der Waals surface area contributed by atoms with E-state index in [0.29, 0.717) is 24.8 Å². The number of benzene rings is 1. The zero-order valence-corrected chi connectivity index (χ0v) is 10.9. The highest BCUT2D eigenvalue weighted by molar-refractivity contribution is 6.18. The van der Waals surface area contributed by atoms with Crippen molar-refractivity contribution in [2.75, 3.05) is 4.90 Å². The molecule has 0 bridgehead atoms. The largest absolute Gasteiger partial charge is 0.472 e. The fourth-order valence-electron chi connectivity index (χ4n) is 2.28. The summed E-state index contributed by atoms with van der Waals surface area (Å²) in [6.07, 6.45) is -9.37. The minimum Gasteiger partial charge on any atom is -0.263 e. The van der Waals surface area contributed by atoms with Gasteiger partial charge in [-0.2, -0.15) is 26.3 Å². The summed E-state index contributed by atoms with van der Waals surface area (Å²) in [5.74, 6) is -5.74. The molecule has 0 spiro atoms. The van der Waals surface area contributed by atoms with Crippen molar-refractivity contribution in [3.05, 3.63) is 29.3 Å². The fourth-order valence-corrected chi connectivity index (χ4v) is 2.28. The maximum Gasteiger partial charge on any atom is 0.472 e. The summed E-state index contributed by atoms with van der Waals surface area (Å²) in [6, 6.07) is 3.27. The van der Waals surface area contributed by atoms with E-state index in [1.54, 1.807) is 0 Å². The fraction of sp³-hybridized carbons (Fsp3) is 0.385. The monoisotopic (exact) mass is 325 g/mol. The quantitative estimate of drug-likeness (QED) is 0.744. The Labute approximate surface area is 120 Å². The third-order valence-electron chi connectivity index (χ3n) is 3.23. The molecular weight excluding hydrogens is 316 g/mol. The van der Waals surface area contributed by atoms with Crippen molar-refractivity contribution in [1.29, 1.82) is 0 Å². The van der Waals surface area contributed by atoms with Crippen LogP contribution in [0.25, 0.3) is 0 Å². The van der Waals surface area contributed by atoms with Crippen molar-refractivity contribution < 1.29 is 35.9 Å². The molecule has 0 radical (unpaired) electrons. The highest BCUT2D eigenvalue weighted by atomic mass is 19.4. The van der Waals surface area contributed by atoms with Crippen LogP contribution in [0, 0.1) is 0 Å². The first kappa shape index (κ1) is 16.3. The van der Waals surface area contributed by atoms with Gasteiger partial charge < -0.3 is 0 Å². The molecule has 0 atom stereocenters. The van der Waals surface area contributed by atoms with Crippen molar-refractivity contribution in [3.8, 4) is 0 Å². The van der Waals surface area contributed by atoms with Crippen LogP contribution in [-0.2, 0) is 22.4 Å². The van der Waals surface area contributed by atoms with E-state index in [-0.39, 0.29) is 0 Å².